The van der Waals surface area contributed by atoms with Crippen molar-refractivity contribution in [1.82, 2.24) is 9.97 Å². The number of hydrogen-bond acceptors (Lipinski definition) is 5. The van der Waals surface area contributed by atoms with Crippen LogP contribution >= 0.6 is 11.3 Å². The maximum absolute atomic E-state index is 12.3. The Labute approximate surface area is 137 Å². The number of nitrogens with zero attached hydrogens (tertiary/aromatic N) is 3. The number of carbonyl (C=O) groups is 1. The zero-order valence-electron chi connectivity index (χ0n) is 12.6. The molecule has 2 unspecified atom stereocenters. The highest BCUT2D eigenvalue weighted by atomic mass is 32.2. The summed E-state index contributed by atoms with van der Waals surface area (Å²) in [5.74, 6) is -0.129. The molecule has 0 saturated heterocycles. The molecule has 2 heterocycles. The van der Waals surface area contributed by atoms with Gasteiger partial charge in [-0.05, 0) is 12.1 Å². The van der Waals surface area contributed by atoms with Crippen LogP contribution in [0.5, 0.6) is 0 Å². The second-order valence-corrected chi connectivity index (χ2v) is 7.70. The lowest BCUT2D eigenvalue weighted by Crippen LogP contribution is -2.32. The standard InChI is InChI=1S/C14H16BN3O2S2/c1-9(22(3)20)7-11(19)18(2)14-12(15)17-13(21-14)10-5-4-6-16-8-10/h4-6,8-9H,7H2,1-3H3. The van der Waals surface area contributed by atoms with E-state index < -0.39 is 10.8 Å². The molecule has 2 aromatic rings. The van der Waals surface area contributed by atoms with Gasteiger partial charge in [-0.3, -0.25) is 19.0 Å². The third kappa shape index (κ3) is 3.81. The first-order valence-electron chi connectivity index (χ1n) is 6.65. The molecule has 8 heteroatoms. The third-order valence-electron chi connectivity index (χ3n) is 3.25. The summed E-state index contributed by atoms with van der Waals surface area (Å²) in [6.45, 7) is 1.79. The normalized spacial score (nSPS) is 13.6. The molecule has 2 radical (unpaired) electrons. The van der Waals surface area contributed by atoms with Gasteiger partial charge in [0.05, 0.1) is 0 Å². The van der Waals surface area contributed by atoms with Gasteiger partial charge in [-0.25, -0.2) is 0 Å². The van der Waals surface area contributed by atoms with E-state index in [-0.39, 0.29) is 17.6 Å². The first kappa shape index (κ1) is 16.8. The van der Waals surface area contributed by atoms with Crippen molar-refractivity contribution < 1.29 is 9.00 Å². The van der Waals surface area contributed by atoms with Gasteiger partial charge < -0.3 is 4.90 Å². The van der Waals surface area contributed by atoms with Gasteiger partial charge in [0.25, 0.3) is 0 Å². The fraction of sp³-hybridized carbons (Fsp3) is 0.357. The molecular weight excluding hydrogens is 317 g/mol. The van der Waals surface area contributed by atoms with E-state index in [4.69, 9.17) is 7.85 Å². The van der Waals surface area contributed by atoms with Crippen LogP contribution < -0.4 is 10.5 Å². The summed E-state index contributed by atoms with van der Waals surface area (Å²) in [4.78, 5) is 22.1. The van der Waals surface area contributed by atoms with E-state index in [0.29, 0.717) is 15.6 Å². The smallest absolute Gasteiger partial charge is 0.228 e. The monoisotopic (exact) mass is 333 g/mol. The topological polar surface area (TPSA) is 63.2 Å². The van der Waals surface area contributed by atoms with Crippen LogP contribution in [0.4, 0.5) is 5.00 Å². The highest BCUT2D eigenvalue weighted by Gasteiger charge is 2.20. The third-order valence-corrected chi connectivity index (χ3v) is 5.75. The molecule has 2 rings (SSSR count). The minimum absolute atomic E-state index is 0.129. The Bertz CT molecular complexity index is 691. The molecular formula is C14H16BN3O2S2. The van der Waals surface area contributed by atoms with Gasteiger partial charge in [-0.1, -0.05) is 18.3 Å². The molecule has 0 aliphatic heterocycles. The molecule has 0 aromatic carbocycles. The molecule has 0 bridgehead atoms. The summed E-state index contributed by atoms with van der Waals surface area (Å²) in [6, 6.07) is 3.71. The summed E-state index contributed by atoms with van der Waals surface area (Å²) in [6.07, 6.45) is 5.19. The van der Waals surface area contributed by atoms with E-state index >= 15 is 0 Å². The first-order valence-corrected chi connectivity index (χ1v) is 9.09. The van der Waals surface area contributed by atoms with Gasteiger partial charge in [0.2, 0.25) is 5.91 Å². The van der Waals surface area contributed by atoms with E-state index in [2.05, 4.69) is 9.97 Å². The Morgan fingerprint density at radius 3 is 2.86 bits per heavy atom. The summed E-state index contributed by atoms with van der Waals surface area (Å²) < 4.78 is 11.4. The van der Waals surface area contributed by atoms with E-state index in [0.717, 1.165) is 5.56 Å². The van der Waals surface area contributed by atoms with Crippen LogP contribution in [-0.2, 0) is 15.6 Å². The second-order valence-electron chi connectivity index (χ2n) is 4.92. The van der Waals surface area contributed by atoms with E-state index in [1.807, 2.05) is 12.1 Å². The lowest BCUT2D eigenvalue weighted by Gasteiger charge is -2.17. The van der Waals surface area contributed by atoms with Crippen molar-refractivity contribution in [3.63, 3.8) is 0 Å². The Kier molecular flexibility index (Phi) is 5.47. The van der Waals surface area contributed by atoms with Gasteiger partial charge in [0, 0.05) is 59.3 Å². The Morgan fingerprint density at radius 1 is 1.55 bits per heavy atom. The van der Waals surface area contributed by atoms with Crippen LogP contribution in [-0.4, -0.2) is 46.5 Å². The maximum Gasteiger partial charge on any atom is 0.228 e. The molecule has 22 heavy (non-hydrogen) atoms. The summed E-state index contributed by atoms with van der Waals surface area (Å²) in [7, 11) is 6.56. The van der Waals surface area contributed by atoms with Crippen LogP contribution in [0, 0.1) is 0 Å². The Hall–Kier alpha value is -1.54. The largest absolute Gasteiger partial charge is 0.306 e. The van der Waals surface area contributed by atoms with Gasteiger partial charge >= 0.3 is 0 Å². The van der Waals surface area contributed by atoms with Crippen LogP contribution in [0.1, 0.15) is 13.3 Å². The molecule has 5 nitrogen and oxygen atoms in total. The minimum Gasteiger partial charge on any atom is -0.306 e. The molecule has 0 aliphatic carbocycles. The molecule has 2 aromatic heterocycles. The van der Waals surface area contributed by atoms with Crippen molar-refractivity contribution in [2.45, 2.75) is 18.6 Å². The molecule has 1 amide bonds. The lowest BCUT2D eigenvalue weighted by molar-refractivity contribution is -0.118. The molecule has 0 spiro atoms. The predicted molar refractivity (Wildman–Crippen MR) is 92.3 cm³/mol. The van der Waals surface area contributed by atoms with E-state index in [9.17, 15) is 9.00 Å². The van der Waals surface area contributed by atoms with Gasteiger partial charge in [0.15, 0.2) is 0 Å². The quantitative estimate of drug-likeness (QED) is 0.769. The fourth-order valence-electron chi connectivity index (χ4n) is 1.79. The van der Waals surface area contributed by atoms with Crippen molar-refractivity contribution in [3.05, 3.63) is 24.5 Å². The van der Waals surface area contributed by atoms with Crippen molar-refractivity contribution >= 4 is 46.5 Å². The summed E-state index contributed by atoms with van der Waals surface area (Å²) in [5, 5.41) is 1.12. The van der Waals surface area contributed by atoms with Crippen LogP contribution in [0.15, 0.2) is 24.5 Å². The van der Waals surface area contributed by atoms with Gasteiger partial charge in [-0.15, -0.1) is 0 Å². The van der Waals surface area contributed by atoms with Crippen molar-refractivity contribution in [1.29, 1.82) is 0 Å². The Balaban J connectivity index is 2.20. The summed E-state index contributed by atoms with van der Waals surface area (Å²) >= 11 is 1.34. The average molecular weight is 333 g/mol. The van der Waals surface area contributed by atoms with Crippen LogP contribution in [0.3, 0.4) is 0 Å². The zero-order valence-corrected chi connectivity index (χ0v) is 14.3. The number of thiazole rings is 1. The SMILES string of the molecule is [B]c1nc(-c2cccnc2)sc1N(C)C(=O)CC(C)S(C)=O. The molecule has 0 saturated carbocycles. The number of amides is 1. The highest BCUT2D eigenvalue weighted by molar-refractivity contribution is 7.84. The number of aromatic nitrogens is 2. The molecule has 0 fully saturated rings. The first-order chi connectivity index (χ1) is 10.4. The number of pyridine rings is 1. The van der Waals surface area contributed by atoms with Crippen LogP contribution in [0.25, 0.3) is 10.6 Å². The number of hydrogen-bond donors (Lipinski definition) is 0. The van der Waals surface area contributed by atoms with Gasteiger partial charge in [-0.2, -0.15) is 0 Å². The second kappa shape index (κ2) is 7.15. The maximum atomic E-state index is 12.3. The van der Waals surface area contributed by atoms with Crippen molar-refractivity contribution in [2.75, 3.05) is 18.2 Å². The number of rotatable bonds is 5. The van der Waals surface area contributed by atoms with Crippen LogP contribution in [0.2, 0.25) is 0 Å². The molecule has 0 aliphatic rings. The summed E-state index contributed by atoms with van der Waals surface area (Å²) in [5.41, 5.74) is 1.17. The molecule has 114 valence electrons. The van der Waals surface area contributed by atoms with E-state index in [1.54, 1.807) is 32.6 Å². The highest BCUT2D eigenvalue weighted by Crippen LogP contribution is 2.28. The number of anilines is 1. The average Bonchev–Trinajstić information content (AvgIpc) is 2.89. The zero-order chi connectivity index (χ0) is 16.3. The molecule has 0 N–H and O–H groups in total. The van der Waals surface area contributed by atoms with E-state index in [1.165, 1.54) is 16.2 Å². The number of carbonyl (C=O) groups excluding carboxylic acids is 1. The fourth-order valence-corrected chi connectivity index (χ4v) is 3.12. The van der Waals surface area contributed by atoms with Crippen molar-refractivity contribution in [3.8, 4) is 10.6 Å². The molecule has 2 atom stereocenters. The predicted octanol–water partition coefficient (Wildman–Crippen LogP) is 1.12. The lowest BCUT2D eigenvalue weighted by atomic mass is 10.1. The Morgan fingerprint density at radius 2 is 2.27 bits per heavy atom. The van der Waals surface area contributed by atoms with Crippen molar-refractivity contribution in [2.24, 2.45) is 0 Å². The van der Waals surface area contributed by atoms with Gasteiger partial charge in [0.1, 0.15) is 17.9 Å². The minimum atomic E-state index is -1.03.